The molecule has 0 aliphatic rings. The van der Waals surface area contributed by atoms with E-state index in [2.05, 4.69) is 19.2 Å². The molecule has 0 heterocycles. The minimum atomic E-state index is -1.71. The average Bonchev–Trinajstić information content (AvgIpc) is 2.49. The van der Waals surface area contributed by atoms with Crippen LogP contribution in [0.4, 0.5) is 13.2 Å². The Balaban J connectivity index is 2.34. The van der Waals surface area contributed by atoms with Gasteiger partial charge in [-0.3, -0.25) is 9.59 Å². The van der Waals surface area contributed by atoms with Gasteiger partial charge in [0.05, 0.1) is 18.6 Å². The third-order valence-corrected chi connectivity index (χ3v) is 3.08. The quantitative estimate of drug-likeness (QED) is 0.452. The predicted molar refractivity (Wildman–Crippen MR) is 78.3 cm³/mol. The fraction of sp³-hybridized carbons (Fsp3) is 0.500. The first-order valence-electron chi connectivity index (χ1n) is 7.40. The van der Waals surface area contributed by atoms with Crippen LogP contribution in [0.2, 0.25) is 0 Å². The Morgan fingerprint density at radius 2 is 1.87 bits per heavy atom. The van der Waals surface area contributed by atoms with Gasteiger partial charge in [0.15, 0.2) is 17.5 Å². The van der Waals surface area contributed by atoms with Gasteiger partial charge in [-0.2, -0.15) is 0 Å². The number of carbonyl (C=O) groups excluding carboxylic acids is 2. The lowest BCUT2D eigenvalue weighted by atomic mass is 10.1. The summed E-state index contributed by atoms with van der Waals surface area (Å²) in [5, 5.41) is 2.26. The lowest BCUT2D eigenvalue weighted by Crippen LogP contribution is -2.27. The maximum absolute atomic E-state index is 13.4. The number of benzene rings is 1. The molecule has 1 rings (SSSR count). The van der Waals surface area contributed by atoms with Gasteiger partial charge < -0.3 is 10.1 Å². The first kappa shape index (κ1) is 19.0. The number of nitrogens with one attached hydrogen (secondary N) is 1. The lowest BCUT2D eigenvalue weighted by Gasteiger charge is -2.08. The zero-order chi connectivity index (χ0) is 17.4. The molecule has 4 nitrogen and oxygen atoms in total. The van der Waals surface area contributed by atoms with E-state index in [1.54, 1.807) is 0 Å². The van der Waals surface area contributed by atoms with Crippen LogP contribution >= 0.6 is 0 Å². The summed E-state index contributed by atoms with van der Waals surface area (Å²) in [6.07, 6.45) is 1.62. The molecule has 1 N–H and O–H groups in total. The largest absolute Gasteiger partial charge is 0.466 e. The highest BCUT2D eigenvalue weighted by Gasteiger charge is 2.18. The van der Waals surface area contributed by atoms with Crippen molar-refractivity contribution in [2.24, 2.45) is 5.92 Å². The third-order valence-electron chi connectivity index (χ3n) is 3.08. The second-order valence-corrected chi connectivity index (χ2v) is 5.49. The first-order valence-corrected chi connectivity index (χ1v) is 7.40. The molecule has 0 atom stereocenters. The van der Waals surface area contributed by atoms with Crippen LogP contribution in [0.15, 0.2) is 12.1 Å². The van der Waals surface area contributed by atoms with Crippen LogP contribution in [0.25, 0.3) is 0 Å². The molecule has 0 aliphatic carbocycles. The summed E-state index contributed by atoms with van der Waals surface area (Å²) in [6.45, 7) is 4.35. The summed E-state index contributed by atoms with van der Waals surface area (Å²) in [7, 11) is 0. The maximum Gasteiger partial charge on any atom is 0.307 e. The summed E-state index contributed by atoms with van der Waals surface area (Å²) in [4.78, 5) is 23.1. The molecule has 1 aromatic carbocycles. The molecule has 0 spiro atoms. The molecule has 1 amide bonds. The van der Waals surface area contributed by atoms with Crippen LogP contribution in [-0.4, -0.2) is 25.0 Å². The summed E-state index contributed by atoms with van der Waals surface area (Å²) >= 11 is 0. The normalized spacial score (nSPS) is 10.7. The van der Waals surface area contributed by atoms with Gasteiger partial charge in [0.1, 0.15) is 0 Å². The highest BCUT2D eigenvalue weighted by atomic mass is 19.2. The molecule has 128 valence electrons. The summed E-state index contributed by atoms with van der Waals surface area (Å²) in [5.41, 5.74) is -0.616. The summed E-state index contributed by atoms with van der Waals surface area (Å²) < 4.78 is 44.2. The SMILES string of the molecule is CC(C)CCCOC(=O)CCNC(=O)c1ccc(F)c(F)c1F. The van der Waals surface area contributed by atoms with E-state index in [-0.39, 0.29) is 13.0 Å². The second kappa shape index (κ2) is 9.17. The van der Waals surface area contributed by atoms with Gasteiger partial charge in [0, 0.05) is 6.54 Å². The number of amides is 1. The number of hydrogen-bond donors (Lipinski definition) is 1. The van der Waals surface area contributed by atoms with Crippen molar-refractivity contribution in [1.82, 2.24) is 5.32 Å². The molecular weight excluding hydrogens is 311 g/mol. The van der Waals surface area contributed by atoms with Crippen molar-refractivity contribution >= 4 is 11.9 Å². The predicted octanol–water partition coefficient (Wildman–Crippen LogP) is 3.20. The molecule has 23 heavy (non-hydrogen) atoms. The van der Waals surface area contributed by atoms with E-state index >= 15 is 0 Å². The monoisotopic (exact) mass is 331 g/mol. The molecule has 7 heteroatoms. The number of ether oxygens (including phenoxy) is 1. The summed E-state index contributed by atoms with van der Waals surface area (Å²) in [6, 6.07) is 1.50. The Hall–Kier alpha value is -2.05. The van der Waals surface area contributed by atoms with Gasteiger partial charge in [0.25, 0.3) is 5.91 Å². The Bertz CT molecular complexity index is 562. The van der Waals surface area contributed by atoms with Crippen LogP contribution in [0.5, 0.6) is 0 Å². The Morgan fingerprint density at radius 3 is 2.52 bits per heavy atom. The van der Waals surface area contributed by atoms with Crippen molar-refractivity contribution in [3.05, 3.63) is 35.1 Å². The minimum Gasteiger partial charge on any atom is -0.466 e. The fourth-order valence-electron chi connectivity index (χ4n) is 1.82. The molecule has 0 aliphatic heterocycles. The van der Waals surface area contributed by atoms with Crippen molar-refractivity contribution in [2.75, 3.05) is 13.2 Å². The first-order chi connectivity index (χ1) is 10.8. The van der Waals surface area contributed by atoms with Gasteiger partial charge in [0.2, 0.25) is 0 Å². The van der Waals surface area contributed by atoms with E-state index in [9.17, 15) is 22.8 Å². The standard InChI is InChI=1S/C16H20F3NO3/c1-10(2)4-3-9-23-13(21)7-8-20-16(22)11-5-6-12(17)15(19)14(11)18/h5-6,10H,3-4,7-9H2,1-2H3,(H,20,22). The van der Waals surface area contributed by atoms with Gasteiger partial charge in [-0.25, -0.2) is 13.2 Å². The Labute approximate surface area is 133 Å². The van der Waals surface area contributed by atoms with E-state index in [0.717, 1.165) is 18.9 Å². The van der Waals surface area contributed by atoms with Crippen LogP contribution in [0.3, 0.4) is 0 Å². The van der Waals surface area contributed by atoms with Crippen LogP contribution < -0.4 is 5.32 Å². The number of halogens is 3. The van der Waals surface area contributed by atoms with E-state index < -0.39 is 34.9 Å². The molecule has 0 saturated carbocycles. The van der Waals surface area contributed by atoms with Crippen LogP contribution in [0, 0.1) is 23.4 Å². The molecule has 1 aromatic rings. The van der Waals surface area contributed by atoms with Gasteiger partial charge in [-0.05, 0) is 30.9 Å². The van der Waals surface area contributed by atoms with Crippen molar-refractivity contribution in [1.29, 1.82) is 0 Å². The van der Waals surface area contributed by atoms with E-state index in [1.165, 1.54) is 0 Å². The second-order valence-electron chi connectivity index (χ2n) is 5.49. The Kier molecular flexibility index (Phi) is 7.57. The molecule has 0 saturated heterocycles. The third kappa shape index (κ3) is 6.30. The van der Waals surface area contributed by atoms with E-state index in [4.69, 9.17) is 4.74 Å². The van der Waals surface area contributed by atoms with Crippen molar-refractivity contribution in [3.63, 3.8) is 0 Å². The zero-order valence-electron chi connectivity index (χ0n) is 13.1. The van der Waals surface area contributed by atoms with Crippen LogP contribution in [0.1, 0.15) is 43.5 Å². The average molecular weight is 331 g/mol. The fourth-order valence-corrected chi connectivity index (χ4v) is 1.82. The lowest BCUT2D eigenvalue weighted by molar-refractivity contribution is -0.143. The van der Waals surface area contributed by atoms with Crippen molar-refractivity contribution in [2.45, 2.75) is 33.1 Å². The zero-order valence-corrected chi connectivity index (χ0v) is 13.1. The number of rotatable bonds is 8. The molecule has 0 radical (unpaired) electrons. The van der Waals surface area contributed by atoms with Gasteiger partial charge in [-0.1, -0.05) is 13.8 Å². The van der Waals surface area contributed by atoms with Crippen molar-refractivity contribution in [3.8, 4) is 0 Å². The number of carbonyl (C=O) groups is 2. The van der Waals surface area contributed by atoms with E-state index in [1.807, 2.05) is 0 Å². The topological polar surface area (TPSA) is 55.4 Å². The number of hydrogen-bond acceptors (Lipinski definition) is 3. The number of esters is 1. The highest BCUT2D eigenvalue weighted by molar-refractivity contribution is 5.94. The van der Waals surface area contributed by atoms with Crippen molar-refractivity contribution < 1.29 is 27.5 Å². The molecule has 0 bridgehead atoms. The van der Waals surface area contributed by atoms with Gasteiger partial charge in [-0.15, -0.1) is 0 Å². The molecule has 0 fully saturated rings. The Morgan fingerprint density at radius 1 is 1.17 bits per heavy atom. The smallest absolute Gasteiger partial charge is 0.307 e. The van der Waals surface area contributed by atoms with Gasteiger partial charge >= 0.3 is 5.97 Å². The molecular formula is C16H20F3NO3. The van der Waals surface area contributed by atoms with Crippen LogP contribution in [-0.2, 0) is 9.53 Å². The summed E-state index contributed by atoms with van der Waals surface area (Å²) in [5.74, 6) is -5.52. The molecule has 0 aromatic heterocycles. The molecule has 0 unspecified atom stereocenters. The minimum absolute atomic E-state index is 0.0831. The highest BCUT2D eigenvalue weighted by Crippen LogP contribution is 2.14. The van der Waals surface area contributed by atoms with E-state index in [0.29, 0.717) is 18.6 Å². The maximum atomic E-state index is 13.4.